The Morgan fingerprint density at radius 2 is 2.18 bits per heavy atom. The number of carbonyl (C=O) groups excluding carboxylic acids is 1. The molecule has 1 unspecified atom stereocenters. The molecule has 4 N–H and O–H groups in total. The lowest BCUT2D eigenvalue weighted by Crippen LogP contribution is -2.52. The second-order valence-electron chi connectivity index (χ2n) is 4.38. The van der Waals surface area contributed by atoms with E-state index in [1.54, 1.807) is 14.0 Å². The van der Waals surface area contributed by atoms with Crippen LogP contribution >= 0.6 is 0 Å². The number of aromatic nitrogens is 2. The lowest BCUT2D eigenvalue weighted by molar-refractivity contribution is -0.123. The summed E-state index contributed by atoms with van der Waals surface area (Å²) >= 11 is 0. The number of nitrogens with one attached hydrogen (secondary N) is 2. The first-order valence-corrected chi connectivity index (χ1v) is 5.45. The van der Waals surface area contributed by atoms with Gasteiger partial charge in [-0.1, -0.05) is 18.9 Å². The molecule has 0 aliphatic heterocycles. The summed E-state index contributed by atoms with van der Waals surface area (Å²) in [6, 6.07) is 0.199. The Morgan fingerprint density at radius 3 is 2.65 bits per heavy atom. The lowest BCUT2D eigenvalue weighted by atomic mass is 9.88. The highest BCUT2D eigenvalue weighted by molar-refractivity contribution is 5.87. The van der Waals surface area contributed by atoms with Crippen LogP contribution in [-0.2, 0) is 11.3 Å². The SMILES string of the molecule is CNCc1nnc(NC(C)(C(N)=O)C(C)C)o1. The molecule has 0 spiro atoms. The highest BCUT2D eigenvalue weighted by Gasteiger charge is 2.36. The van der Waals surface area contributed by atoms with Crippen LogP contribution in [0.1, 0.15) is 26.7 Å². The molecule has 1 rings (SSSR count). The predicted octanol–water partition coefficient (Wildman–Crippen LogP) is 0.101. The topological polar surface area (TPSA) is 106 Å². The van der Waals surface area contributed by atoms with Gasteiger partial charge in [0, 0.05) is 0 Å². The highest BCUT2D eigenvalue weighted by Crippen LogP contribution is 2.21. The van der Waals surface area contributed by atoms with Crippen LogP contribution in [0.5, 0.6) is 0 Å². The van der Waals surface area contributed by atoms with Crippen LogP contribution in [0, 0.1) is 5.92 Å². The monoisotopic (exact) mass is 241 g/mol. The number of rotatable bonds is 6. The predicted molar refractivity (Wildman–Crippen MR) is 63.1 cm³/mol. The molecule has 96 valence electrons. The van der Waals surface area contributed by atoms with Crippen LogP contribution in [-0.4, -0.2) is 28.7 Å². The Kier molecular flexibility index (Phi) is 4.06. The summed E-state index contributed by atoms with van der Waals surface area (Å²) in [5, 5.41) is 13.4. The maximum absolute atomic E-state index is 11.5. The number of nitrogens with zero attached hydrogens (tertiary/aromatic N) is 2. The van der Waals surface area contributed by atoms with Gasteiger partial charge in [-0.15, -0.1) is 5.10 Å². The average Bonchev–Trinajstić information content (AvgIpc) is 2.65. The summed E-state index contributed by atoms with van der Waals surface area (Å²) in [5.41, 5.74) is 4.47. The number of primary amides is 1. The third-order valence-corrected chi connectivity index (χ3v) is 2.83. The van der Waals surface area contributed by atoms with Crippen LogP contribution in [0.4, 0.5) is 6.01 Å². The van der Waals surface area contributed by atoms with Crippen molar-refractivity contribution < 1.29 is 9.21 Å². The third-order valence-electron chi connectivity index (χ3n) is 2.83. The number of nitrogens with two attached hydrogens (primary N) is 1. The quantitative estimate of drug-likeness (QED) is 0.652. The fourth-order valence-corrected chi connectivity index (χ4v) is 1.24. The Bertz CT molecular complexity index is 390. The van der Waals surface area contributed by atoms with Crippen molar-refractivity contribution >= 4 is 11.9 Å². The van der Waals surface area contributed by atoms with Gasteiger partial charge in [0.1, 0.15) is 5.54 Å². The second kappa shape index (κ2) is 5.13. The molecule has 1 aromatic rings. The van der Waals surface area contributed by atoms with E-state index in [1.807, 2.05) is 13.8 Å². The van der Waals surface area contributed by atoms with Crippen LogP contribution < -0.4 is 16.4 Å². The number of hydrogen-bond acceptors (Lipinski definition) is 6. The zero-order valence-electron chi connectivity index (χ0n) is 10.6. The van der Waals surface area contributed by atoms with Crippen molar-refractivity contribution in [2.45, 2.75) is 32.9 Å². The molecule has 0 aliphatic rings. The summed E-state index contributed by atoms with van der Waals surface area (Å²) < 4.78 is 5.32. The van der Waals surface area contributed by atoms with Gasteiger partial charge in [0.2, 0.25) is 11.8 Å². The molecule has 0 fully saturated rings. The molecule has 0 radical (unpaired) electrons. The summed E-state index contributed by atoms with van der Waals surface area (Å²) in [6.45, 7) is 5.97. The van der Waals surface area contributed by atoms with Crippen molar-refractivity contribution in [2.75, 3.05) is 12.4 Å². The Hall–Kier alpha value is -1.63. The molecule has 17 heavy (non-hydrogen) atoms. The molecule has 1 aromatic heterocycles. The first kappa shape index (κ1) is 13.4. The molecule has 0 bridgehead atoms. The maximum Gasteiger partial charge on any atom is 0.316 e. The van der Waals surface area contributed by atoms with Crippen molar-refractivity contribution in [3.05, 3.63) is 5.89 Å². The van der Waals surface area contributed by atoms with Gasteiger partial charge in [-0.25, -0.2) is 0 Å². The molecule has 1 heterocycles. The molecule has 0 saturated carbocycles. The molecule has 7 nitrogen and oxygen atoms in total. The maximum atomic E-state index is 11.5. The van der Waals surface area contributed by atoms with E-state index >= 15 is 0 Å². The lowest BCUT2D eigenvalue weighted by Gasteiger charge is -2.30. The number of carbonyl (C=O) groups is 1. The van der Waals surface area contributed by atoms with Crippen molar-refractivity contribution in [1.29, 1.82) is 0 Å². The van der Waals surface area contributed by atoms with Gasteiger partial charge in [-0.3, -0.25) is 4.79 Å². The van der Waals surface area contributed by atoms with E-state index in [9.17, 15) is 4.79 Å². The van der Waals surface area contributed by atoms with Crippen LogP contribution in [0.2, 0.25) is 0 Å². The van der Waals surface area contributed by atoms with Gasteiger partial charge < -0.3 is 20.8 Å². The van der Waals surface area contributed by atoms with Crippen LogP contribution in [0.25, 0.3) is 0 Å². The van der Waals surface area contributed by atoms with E-state index in [0.717, 1.165) is 0 Å². The number of hydrogen-bond donors (Lipinski definition) is 3. The van der Waals surface area contributed by atoms with Gasteiger partial charge in [0.05, 0.1) is 6.54 Å². The minimum Gasteiger partial charge on any atom is -0.407 e. The summed E-state index contributed by atoms with van der Waals surface area (Å²) in [7, 11) is 1.78. The standard InChI is InChI=1S/C10H19N5O2/c1-6(2)10(3,8(11)16)13-9-15-14-7(17-9)5-12-4/h6,12H,5H2,1-4H3,(H2,11,16)(H,13,15). The Morgan fingerprint density at radius 1 is 1.53 bits per heavy atom. The molecule has 1 atom stereocenters. The third kappa shape index (κ3) is 2.94. The minimum atomic E-state index is -0.913. The number of amides is 1. The van der Waals surface area contributed by atoms with E-state index in [-0.39, 0.29) is 11.9 Å². The van der Waals surface area contributed by atoms with Gasteiger partial charge in [-0.2, -0.15) is 0 Å². The van der Waals surface area contributed by atoms with Gasteiger partial charge in [0.15, 0.2) is 0 Å². The zero-order valence-corrected chi connectivity index (χ0v) is 10.6. The van der Waals surface area contributed by atoms with Crippen LogP contribution in [0.15, 0.2) is 4.42 Å². The van der Waals surface area contributed by atoms with Gasteiger partial charge >= 0.3 is 6.01 Å². The summed E-state index contributed by atoms with van der Waals surface area (Å²) in [5.74, 6) is -0.00825. The van der Waals surface area contributed by atoms with Gasteiger partial charge in [0.25, 0.3) is 0 Å². The van der Waals surface area contributed by atoms with Crippen LogP contribution in [0.3, 0.4) is 0 Å². The van der Waals surface area contributed by atoms with Crippen molar-refractivity contribution in [3.63, 3.8) is 0 Å². The molecule has 1 amide bonds. The fourth-order valence-electron chi connectivity index (χ4n) is 1.24. The van der Waals surface area contributed by atoms with E-state index in [4.69, 9.17) is 10.2 Å². The van der Waals surface area contributed by atoms with Gasteiger partial charge in [-0.05, 0) is 19.9 Å². The highest BCUT2D eigenvalue weighted by atomic mass is 16.4. The summed E-state index contributed by atoms with van der Waals surface area (Å²) in [4.78, 5) is 11.5. The first-order chi connectivity index (χ1) is 7.90. The van der Waals surface area contributed by atoms with E-state index < -0.39 is 11.4 Å². The van der Waals surface area contributed by atoms with Crippen molar-refractivity contribution in [3.8, 4) is 0 Å². The van der Waals surface area contributed by atoms with Crippen molar-refractivity contribution in [1.82, 2.24) is 15.5 Å². The van der Waals surface area contributed by atoms with Crippen molar-refractivity contribution in [2.24, 2.45) is 11.7 Å². The Balaban J connectivity index is 2.83. The average molecular weight is 241 g/mol. The second-order valence-corrected chi connectivity index (χ2v) is 4.38. The zero-order chi connectivity index (χ0) is 13.1. The first-order valence-electron chi connectivity index (χ1n) is 5.45. The minimum absolute atomic E-state index is 0.000324. The molecule has 0 aliphatic carbocycles. The normalized spacial score (nSPS) is 14.6. The Labute approximate surface area is 100 Å². The molecule has 0 aromatic carbocycles. The molecular weight excluding hydrogens is 222 g/mol. The van der Waals surface area contributed by atoms with E-state index in [2.05, 4.69) is 20.8 Å². The molecular formula is C10H19N5O2. The molecule has 0 saturated heterocycles. The largest absolute Gasteiger partial charge is 0.407 e. The summed E-state index contributed by atoms with van der Waals surface area (Å²) in [6.07, 6.45) is 0. The van der Waals surface area contributed by atoms with E-state index in [1.165, 1.54) is 0 Å². The smallest absolute Gasteiger partial charge is 0.316 e. The van der Waals surface area contributed by atoms with E-state index in [0.29, 0.717) is 12.4 Å². The number of anilines is 1. The fraction of sp³-hybridized carbons (Fsp3) is 0.700. The molecule has 7 heteroatoms.